The van der Waals surface area contributed by atoms with E-state index < -0.39 is 0 Å². The van der Waals surface area contributed by atoms with Crippen molar-refractivity contribution in [3.63, 3.8) is 0 Å². The van der Waals surface area contributed by atoms with Gasteiger partial charge in [-0.15, -0.1) is 17.8 Å². The van der Waals surface area contributed by atoms with Gasteiger partial charge < -0.3 is 10.2 Å². The highest BCUT2D eigenvalue weighted by Gasteiger charge is 2.16. The first-order valence-electron chi connectivity index (χ1n) is 10.2. The van der Waals surface area contributed by atoms with E-state index in [-0.39, 0.29) is 5.91 Å². The Kier molecular flexibility index (Phi) is 7.26. The van der Waals surface area contributed by atoms with Gasteiger partial charge in [0.1, 0.15) is 0 Å². The van der Waals surface area contributed by atoms with Crippen LogP contribution in [0.1, 0.15) is 0 Å². The van der Waals surface area contributed by atoms with Crippen molar-refractivity contribution >= 4 is 40.4 Å². The Morgan fingerprint density at radius 1 is 1.10 bits per heavy atom. The molecule has 0 spiro atoms. The molecule has 0 saturated carbocycles. The molecule has 1 amide bonds. The molecule has 1 aliphatic heterocycles. The van der Waals surface area contributed by atoms with Crippen LogP contribution in [0.15, 0.2) is 64.3 Å². The maximum absolute atomic E-state index is 12.4. The van der Waals surface area contributed by atoms with Crippen LogP contribution < -0.4 is 10.2 Å². The first-order chi connectivity index (χ1) is 15.2. The fourth-order valence-electron chi connectivity index (χ4n) is 3.44. The maximum Gasteiger partial charge on any atom is 0.234 e. The quantitative estimate of drug-likeness (QED) is 0.431. The van der Waals surface area contributed by atoms with Gasteiger partial charge in [-0.2, -0.15) is 0 Å². The average molecular weight is 449 g/mol. The largest absolute Gasteiger partial charge is 0.369 e. The van der Waals surface area contributed by atoms with E-state index in [4.69, 9.17) is 6.42 Å². The highest BCUT2D eigenvalue weighted by atomic mass is 32.2. The van der Waals surface area contributed by atoms with Gasteiger partial charge in [0.05, 0.1) is 18.0 Å². The van der Waals surface area contributed by atoms with Crippen LogP contribution in [0.2, 0.25) is 0 Å². The summed E-state index contributed by atoms with van der Waals surface area (Å²) in [4.78, 5) is 21.6. The maximum atomic E-state index is 12.4. The number of nitrogens with zero attached hydrogens (tertiary/aromatic N) is 3. The molecule has 158 valence electrons. The molecule has 0 aliphatic carbocycles. The summed E-state index contributed by atoms with van der Waals surface area (Å²) in [7, 11) is 0. The number of carbonyl (C=O) groups is 1. The molecule has 4 rings (SSSR count). The lowest BCUT2D eigenvalue weighted by Crippen LogP contribution is -2.46. The number of hydrogen-bond donors (Lipinski definition) is 1. The smallest absolute Gasteiger partial charge is 0.234 e. The number of nitrogens with one attached hydrogen (secondary N) is 1. The summed E-state index contributed by atoms with van der Waals surface area (Å²) < 4.78 is 0.897. The Morgan fingerprint density at radius 2 is 1.84 bits per heavy atom. The van der Waals surface area contributed by atoms with E-state index in [1.165, 1.54) is 17.4 Å². The van der Waals surface area contributed by atoms with Gasteiger partial charge in [-0.1, -0.05) is 48.0 Å². The van der Waals surface area contributed by atoms with E-state index in [1.54, 1.807) is 11.3 Å². The van der Waals surface area contributed by atoms with Crippen LogP contribution in [0.3, 0.4) is 0 Å². The van der Waals surface area contributed by atoms with Gasteiger partial charge in [-0.05, 0) is 24.3 Å². The van der Waals surface area contributed by atoms with Gasteiger partial charge in [0.15, 0.2) is 4.34 Å². The number of amides is 1. The van der Waals surface area contributed by atoms with Crippen LogP contribution in [0.25, 0.3) is 11.3 Å². The molecule has 2 heterocycles. The molecule has 7 heteroatoms. The summed E-state index contributed by atoms with van der Waals surface area (Å²) in [6.07, 6.45) is 5.40. The predicted octanol–water partition coefficient (Wildman–Crippen LogP) is 4.30. The molecule has 0 atom stereocenters. The van der Waals surface area contributed by atoms with Gasteiger partial charge in [0.2, 0.25) is 5.91 Å². The van der Waals surface area contributed by atoms with Crippen molar-refractivity contribution in [2.75, 3.05) is 48.7 Å². The van der Waals surface area contributed by atoms with E-state index in [9.17, 15) is 4.79 Å². The van der Waals surface area contributed by atoms with E-state index in [1.807, 2.05) is 47.8 Å². The molecule has 5 nitrogen and oxygen atoms in total. The zero-order valence-electron chi connectivity index (χ0n) is 17.2. The molecule has 3 aromatic rings. The molecule has 2 aromatic carbocycles. The van der Waals surface area contributed by atoms with Crippen LogP contribution in [0, 0.1) is 12.3 Å². The van der Waals surface area contributed by atoms with Crippen molar-refractivity contribution in [2.24, 2.45) is 0 Å². The summed E-state index contributed by atoms with van der Waals surface area (Å²) >= 11 is 3.03. The summed E-state index contributed by atoms with van der Waals surface area (Å²) in [5, 5.41) is 5.00. The van der Waals surface area contributed by atoms with Crippen LogP contribution in [0.4, 0.5) is 11.4 Å². The fourth-order valence-corrected chi connectivity index (χ4v) is 5.07. The van der Waals surface area contributed by atoms with Crippen molar-refractivity contribution in [1.82, 2.24) is 9.88 Å². The standard InChI is InChI=1S/C24H24N4OS2/c1-2-12-27-13-15-28(16-14-27)21-10-8-20(9-11-21)25-23(29)18-31-24-26-22(17-30-24)19-6-4-3-5-7-19/h1,3-11,17H,12-16,18H2,(H,25,29). The lowest BCUT2D eigenvalue weighted by molar-refractivity contribution is -0.113. The zero-order chi connectivity index (χ0) is 21.5. The van der Waals surface area contributed by atoms with E-state index in [0.717, 1.165) is 47.5 Å². The molecule has 1 aliphatic rings. The lowest BCUT2D eigenvalue weighted by Gasteiger charge is -2.35. The Labute approximate surface area is 191 Å². The monoisotopic (exact) mass is 448 g/mol. The number of aromatic nitrogens is 1. The van der Waals surface area contributed by atoms with Crippen molar-refractivity contribution < 1.29 is 4.79 Å². The van der Waals surface area contributed by atoms with Crippen molar-refractivity contribution in [1.29, 1.82) is 0 Å². The topological polar surface area (TPSA) is 48.5 Å². The fraction of sp³-hybridized carbons (Fsp3) is 0.250. The highest BCUT2D eigenvalue weighted by Crippen LogP contribution is 2.28. The van der Waals surface area contributed by atoms with E-state index in [2.05, 4.69) is 38.2 Å². The normalized spacial score (nSPS) is 14.2. The second-order valence-corrected chi connectivity index (χ2v) is 9.30. The minimum Gasteiger partial charge on any atom is -0.369 e. The third kappa shape index (κ3) is 5.88. The Hall–Kier alpha value is -2.79. The number of terminal acetylenes is 1. The second kappa shape index (κ2) is 10.5. The van der Waals surface area contributed by atoms with Gasteiger partial charge in [0, 0.05) is 48.5 Å². The number of hydrogen-bond acceptors (Lipinski definition) is 6. The van der Waals surface area contributed by atoms with Crippen LogP contribution in [-0.4, -0.2) is 54.3 Å². The minimum absolute atomic E-state index is 0.0305. The molecule has 1 N–H and O–H groups in total. The van der Waals surface area contributed by atoms with Gasteiger partial charge >= 0.3 is 0 Å². The van der Waals surface area contributed by atoms with Crippen LogP contribution in [0.5, 0.6) is 0 Å². The average Bonchev–Trinajstić information content (AvgIpc) is 3.29. The molecule has 31 heavy (non-hydrogen) atoms. The third-order valence-corrected chi connectivity index (χ3v) is 7.10. The minimum atomic E-state index is -0.0305. The first-order valence-corrected chi connectivity index (χ1v) is 12.0. The van der Waals surface area contributed by atoms with Crippen LogP contribution in [-0.2, 0) is 4.79 Å². The zero-order valence-corrected chi connectivity index (χ0v) is 18.8. The van der Waals surface area contributed by atoms with Gasteiger partial charge in [0.25, 0.3) is 0 Å². The molecule has 1 aromatic heterocycles. The molecule has 1 fully saturated rings. The van der Waals surface area contributed by atoms with E-state index >= 15 is 0 Å². The van der Waals surface area contributed by atoms with Crippen molar-refractivity contribution in [3.05, 3.63) is 60.0 Å². The molecule has 0 unspecified atom stereocenters. The summed E-state index contributed by atoms with van der Waals surface area (Å²) in [6, 6.07) is 18.1. The SMILES string of the molecule is C#CCN1CCN(c2ccc(NC(=O)CSc3nc(-c4ccccc4)cs3)cc2)CC1. The number of carbonyl (C=O) groups excluding carboxylic acids is 1. The van der Waals surface area contributed by atoms with Gasteiger partial charge in [-0.25, -0.2) is 4.98 Å². The first kappa shape index (κ1) is 21.4. The number of rotatable bonds is 7. The number of thioether (sulfide) groups is 1. The highest BCUT2D eigenvalue weighted by molar-refractivity contribution is 8.01. The number of anilines is 2. The molecular weight excluding hydrogens is 424 g/mol. The Balaban J connectivity index is 1.25. The number of piperazine rings is 1. The summed E-state index contributed by atoms with van der Waals surface area (Å²) in [5.74, 6) is 3.01. The molecule has 1 saturated heterocycles. The lowest BCUT2D eigenvalue weighted by atomic mass is 10.2. The number of thiazole rings is 1. The predicted molar refractivity (Wildman–Crippen MR) is 131 cm³/mol. The Bertz CT molecular complexity index is 1040. The van der Waals surface area contributed by atoms with Crippen molar-refractivity contribution in [2.45, 2.75) is 4.34 Å². The Morgan fingerprint density at radius 3 is 2.55 bits per heavy atom. The summed E-state index contributed by atoms with van der Waals surface area (Å²) in [6.45, 7) is 4.59. The van der Waals surface area contributed by atoms with Crippen molar-refractivity contribution in [3.8, 4) is 23.6 Å². The summed E-state index contributed by atoms with van der Waals surface area (Å²) in [5.41, 5.74) is 4.02. The van der Waals surface area contributed by atoms with E-state index in [0.29, 0.717) is 12.3 Å². The second-order valence-electron chi connectivity index (χ2n) is 7.22. The van der Waals surface area contributed by atoms with Crippen LogP contribution >= 0.6 is 23.1 Å². The third-order valence-electron chi connectivity index (χ3n) is 5.08. The molecule has 0 bridgehead atoms. The van der Waals surface area contributed by atoms with Gasteiger partial charge in [-0.3, -0.25) is 9.69 Å². The molecular formula is C24H24N4OS2. The molecule has 0 radical (unpaired) electrons. The number of benzene rings is 2.